The van der Waals surface area contributed by atoms with Crippen LogP contribution in [-0.2, 0) is 0 Å². The van der Waals surface area contributed by atoms with Crippen LogP contribution in [0.3, 0.4) is 0 Å². The number of benzene rings is 1. The predicted molar refractivity (Wildman–Crippen MR) is 117 cm³/mol. The summed E-state index contributed by atoms with van der Waals surface area (Å²) in [6.45, 7) is 1.65. The van der Waals surface area contributed by atoms with Crippen molar-refractivity contribution in [1.82, 2.24) is 4.98 Å². The molecule has 150 valence electrons. The molecule has 1 amide bonds. The van der Waals surface area contributed by atoms with Crippen molar-refractivity contribution >= 4 is 51.1 Å². The second-order valence-corrected chi connectivity index (χ2v) is 8.17. The molecule has 0 bridgehead atoms. The quantitative estimate of drug-likeness (QED) is 0.610. The topological polar surface area (TPSA) is 111 Å². The van der Waals surface area contributed by atoms with Gasteiger partial charge in [-0.1, -0.05) is 24.3 Å². The highest BCUT2D eigenvalue weighted by atomic mass is 32.1. The molecule has 0 aliphatic carbocycles. The SMILES string of the molecule is NC(=O)c1sc2nc(N3CCC(N)CC3)cc(/C=C/c3ccc(F)cc3)c2c1N. The lowest BCUT2D eigenvalue weighted by molar-refractivity contribution is 0.100. The van der Waals surface area contributed by atoms with Gasteiger partial charge in [-0.3, -0.25) is 4.79 Å². The molecule has 0 radical (unpaired) electrons. The van der Waals surface area contributed by atoms with Crippen molar-refractivity contribution in [2.24, 2.45) is 11.5 Å². The lowest BCUT2D eigenvalue weighted by Gasteiger charge is -2.31. The van der Waals surface area contributed by atoms with Crippen LogP contribution in [0.4, 0.5) is 15.9 Å². The fraction of sp³-hybridized carbons (Fsp3) is 0.238. The van der Waals surface area contributed by atoms with Crippen LogP contribution in [0.1, 0.15) is 33.6 Å². The van der Waals surface area contributed by atoms with Crippen LogP contribution in [0.15, 0.2) is 30.3 Å². The van der Waals surface area contributed by atoms with E-state index in [1.807, 2.05) is 18.2 Å². The fourth-order valence-corrected chi connectivity index (χ4v) is 4.48. The Hall–Kier alpha value is -2.97. The minimum atomic E-state index is -0.565. The number of fused-ring (bicyclic) bond motifs is 1. The maximum Gasteiger partial charge on any atom is 0.260 e. The number of nitrogens with two attached hydrogens (primary N) is 3. The molecule has 3 heterocycles. The lowest BCUT2D eigenvalue weighted by atomic mass is 10.0. The number of thiophene rings is 1. The number of amides is 1. The van der Waals surface area contributed by atoms with Gasteiger partial charge in [0.1, 0.15) is 21.3 Å². The van der Waals surface area contributed by atoms with Gasteiger partial charge in [0.2, 0.25) is 0 Å². The van der Waals surface area contributed by atoms with E-state index in [1.54, 1.807) is 12.1 Å². The number of nitrogen functional groups attached to an aromatic ring is 1. The number of carbonyl (C=O) groups excluding carboxylic acids is 1. The summed E-state index contributed by atoms with van der Waals surface area (Å²) in [5.41, 5.74) is 19.8. The van der Waals surface area contributed by atoms with Crippen molar-refractivity contribution in [2.75, 3.05) is 23.7 Å². The van der Waals surface area contributed by atoms with E-state index in [0.717, 1.165) is 42.9 Å². The van der Waals surface area contributed by atoms with Gasteiger partial charge in [0.25, 0.3) is 5.91 Å². The van der Waals surface area contributed by atoms with Crippen molar-refractivity contribution < 1.29 is 9.18 Å². The first-order valence-electron chi connectivity index (χ1n) is 9.39. The van der Waals surface area contributed by atoms with Crippen LogP contribution in [0.5, 0.6) is 0 Å². The van der Waals surface area contributed by atoms with E-state index in [1.165, 1.54) is 23.5 Å². The summed E-state index contributed by atoms with van der Waals surface area (Å²) < 4.78 is 13.2. The highest BCUT2D eigenvalue weighted by molar-refractivity contribution is 7.21. The summed E-state index contributed by atoms with van der Waals surface area (Å²) in [5, 5.41) is 0.708. The highest BCUT2D eigenvalue weighted by Gasteiger charge is 2.22. The molecule has 1 aliphatic rings. The number of aromatic nitrogens is 1. The number of hydrogen-bond donors (Lipinski definition) is 3. The average molecular weight is 412 g/mol. The van der Waals surface area contributed by atoms with E-state index >= 15 is 0 Å². The van der Waals surface area contributed by atoms with E-state index in [-0.39, 0.29) is 11.9 Å². The number of primary amides is 1. The Kier molecular flexibility index (Phi) is 5.21. The minimum Gasteiger partial charge on any atom is -0.397 e. The Balaban J connectivity index is 1.80. The third-order valence-electron chi connectivity index (χ3n) is 5.13. The number of halogens is 1. The third-order valence-corrected chi connectivity index (χ3v) is 6.24. The first-order chi connectivity index (χ1) is 13.9. The fourth-order valence-electron chi connectivity index (χ4n) is 3.50. The zero-order valence-corrected chi connectivity index (χ0v) is 16.6. The number of hydrogen-bond acceptors (Lipinski definition) is 6. The maximum atomic E-state index is 13.2. The number of nitrogens with zero attached hydrogens (tertiary/aromatic N) is 2. The lowest BCUT2D eigenvalue weighted by Crippen LogP contribution is -2.40. The van der Waals surface area contributed by atoms with Gasteiger partial charge in [0.05, 0.1) is 5.69 Å². The summed E-state index contributed by atoms with van der Waals surface area (Å²) in [6.07, 6.45) is 5.59. The maximum absolute atomic E-state index is 13.2. The molecule has 1 aromatic carbocycles. The van der Waals surface area contributed by atoms with Gasteiger partial charge in [-0.2, -0.15) is 0 Å². The zero-order chi connectivity index (χ0) is 20.5. The first-order valence-corrected chi connectivity index (χ1v) is 10.2. The van der Waals surface area contributed by atoms with Crippen LogP contribution in [-0.4, -0.2) is 30.0 Å². The van der Waals surface area contributed by atoms with Crippen LogP contribution < -0.4 is 22.1 Å². The van der Waals surface area contributed by atoms with E-state index in [0.29, 0.717) is 20.8 Å². The molecule has 1 aliphatic heterocycles. The second-order valence-electron chi connectivity index (χ2n) is 7.17. The largest absolute Gasteiger partial charge is 0.397 e. The summed E-state index contributed by atoms with van der Waals surface area (Å²) in [6, 6.07) is 8.40. The van der Waals surface area contributed by atoms with Crippen molar-refractivity contribution in [3.05, 3.63) is 52.2 Å². The van der Waals surface area contributed by atoms with Crippen LogP contribution in [0, 0.1) is 5.82 Å². The Morgan fingerprint density at radius 2 is 1.90 bits per heavy atom. The Labute approximate surface area is 171 Å². The molecule has 0 atom stereocenters. The second kappa shape index (κ2) is 7.81. The number of piperidine rings is 1. The molecule has 2 aromatic heterocycles. The van der Waals surface area contributed by atoms with Gasteiger partial charge < -0.3 is 22.1 Å². The summed E-state index contributed by atoms with van der Waals surface area (Å²) >= 11 is 1.20. The number of pyridine rings is 1. The van der Waals surface area contributed by atoms with E-state index in [2.05, 4.69) is 4.90 Å². The van der Waals surface area contributed by atoms with Crippen molar-refractivity contribution in [1.29, 1.82) is 0 Å². The Bertz CT molecular complexity index is 1080. The van der Waals surface area contributed by atoms with Gasteiger partial charge in [0.15, 0.2) is 0 Å². The molecule has 0 unspecified atom stereocenters. The van der Waals surface area contributed by atoms with E-state index in [4.69, 9.17) is 22.2 Å². The van der Waals surface area contributed by atoms with E-state index in [9.17, 15) is 9.18 Å². The van der Waals surface area contributed by atoms with Gasteiger partial charge in [0, 0.05) is 24.5 Å². The third kappa shape index (κ3) is 3.94. The standard InChI is InChI=1S/C21H22FN5OS/c22-14-5-2-12(3-6-14)1-4-13-11-16(27-9-7-15(23)8-10-27)26-21-17(13)18(24)19(29-21)20(25)28/h1-6,11,15H,7-10,23-24H2,(H2,25,28)/b4-1+. The molecule has 1 saturated heterocycles. The number of rotatable bonds is 4. The van der Waals surface area contributed by atoms with Crippen LogP contribution in [0.2, 0.25) is 0 Å². The summed E-state index contributed by atoms with van der Waals surface area (Å²) in [5.74, 6) is -0.0305. The molecule has 0 saturated carbocycles. The molecule has 1 fully saturated rings. The normalized spacial score (nSPS) is 15.4. The zero-order valence-electron chi connectivity index (χ0n) is 15.8. The average Bonchev–Trinajstić information content (AvgIpc) is 3.05. The van der Waals surface area contributed by atoms with Crippen LogP contribution in [0.25, 0.3) is 22.4 Å². The van der Waals surface area contributed by atoms with Gasteiger partial charge in [-0.25, -0.2) is 9.37 Å². The monoisotopic (exact) mass is 411 g/mol. The van der Waals surface area contributed by atoms with Gasteiger partial charge >= 0.3 is 0 Å². The van der Waals surface area contributed by atoms with Gasteiger partial charge in [-0.15, -0.1) is 11.3 Å². The first kappa shape index (κ1) is 19.4. The molecule has 0 spiro atoms. The van der Waals surface area contributed by atoms with Crippen LogP contribution >= 0.6 is 11.3 Å². The Morgan fingerprint density at radius 3 is 2.55 bits per heavy atom. The minimum absolute atomic E-state index is 0.215. The number of carbonyl (C=O) groups is 1. The molecule has 29 heavy (non-hydrogen) atoms. The summed E-state index contributed by atoms with van der Waals surface area (Å²) in [4.78, 5) is 19.7. The Morgan fingerprint density at radius 1 is 1.21 bits per heavy atom. The predicted octanol–water partition coefficient (Wildman–Crippen LogP) is 3.21. The molecular weight excluding hydrogens is 389 g/mol. The summed E-state index contributed by atoms with van der Waals surface area (Å²) in [7, 11) is 0. The molecule has 4 rings (SSSR count). The molecule has 8 heteroatoms. The molecule has 6 N–H and O–H groups in total. The number of anilines is 2. The van der Waals surface area contributed by atoms with Crippen molar-refractivity contribution in [2.45, 2.75) is 18.9 Å². The van der Waals surface area contributed by atoms with Crippen molar-refractivity contribution in [3.8, 4) is 0 Å². The van der Waals surface area contributed by atoms with E-state index < -0.39 is 5.91 Å². The molecular formula is C21H22FN5OS. The highest BCUT2D eigenvalue weighted by Crippen LogP contribution is 2.37. The van der Waals surface area contributed by atoms with Crippen molar-refractivity contribution in [3.63, 3.8) is 0 Å². The molecule has 3 aromatic rings. The molecule has 6 nitrogen and oxygen atoms in total. The van der Waals surface area contributed by atoms with Gasteiger partial charge in [-0.05, 0) is 42.2 Å². The smallest absolute Gasteiger partial charge is 0.260 e.